The van der Waals surface area contributed by atoms with Gasteiger partial charge < -0.3 is 10.4 Å². The van der Waals surface area contributed by atoms with Gasteiger partial charge in [0.15, 0.2) is 0 Å². The first-order chi connectivity index (χ1) is 7.47. The summed E-state index contributed by atoms with van der Waals surface area (Å²) in [6.45, 7) is 9.76. The van der Waals surface area contributed by atoms with Crippen LogP contribution >= 0.6 is 0 Å². The Morgan fingerprint density at radius 2 is 1.69 bits per heavy atom. The fourth-order valence-corrected chi connectivity index (χ4v) is 1.05. The predicted octanol–water partition coefficient (Wildman–Crippen LogP) is 2.43. The van der Waals surface area contributed by atoms with Crippen molar-refractivity contribution in [3.05, 3.63) is 0 Å². The van der Waals surface area contributed by atoms with Crippen molar-refractivity contribution in [3.8, 4) is 0 Å². The molecule has 0 heterocycles. The van der Waals surface area contributed by atoms with Gasteiger partial charge in [0.2, 0.25) is 5.91 Å². The zero-order valence-corrected chi connectivity index (χ0v) is 11.0. The van der Waals surface area contributed by atoms with Crippen LogP contribution in [0.3, 0.4) is 0 Å². The van der Waals surface area contributed by atoms with Crippen LogP contribution in [0.25, 0.3) is 0 Å². The molecule has 16 heavy (non-hydrogen) atoms. The lowest BCUT2D eigenvalue weighted by Crippen LogP contribution is -2.40. The molecule has 0 fully saturated rings. The number of carbonyl (C=O) groups is 2. The molecule has 4 nitrogen and oxygen atoms in total. The average Bonchev–Trinajstić information content (AvgIpc) is 2.25. The van der Waals surface area contributed by atoms with E-state index >= 15 is 0 Å². The second kappa shape index (κ2) is 10.5. The van der Waals surface area contributed by atoms with Crippen molar-refractivity contribution in [3.63, 3.8) is 0 Å². The van der Waals surface area contributed by atoms with Crippen molar-refractivity contribution >= 4 is 11.9 Å². The van der Waals surface area contributed by atoms with Gasteiger partial charge in [-0.1, -0.05) is 34.6 Å². The Morgan fingerprint density at radius 1 is 1.19 bits per heavy atom. The molecule has 0 rings (SSSR count). The van der Waals surface area contributed by atoms with Gasteiger partial charge in [0, 0.05) is 6.42 Å². The molecule has 0 aromatic heterocycles. The zero-order chi connectivity index (χ0) is 13.1. The van der Waals surface area contributed by atoms with Crippen molar-refractivity contribution < 1.29 is 14.7 Å². The highest BCUT2D eigenvalue weighted by molar-refractivity contribution is 5.83. The SMILES string of the molecule is CC.CCC(=O)NC(CCC(C)C)C(=O)O. The van der Waals surface area contributed by atoms with Crippen molar-refractivity contribution in [2.24, 2.45) is 5.92 Å². The van der Waals surface area contributed by atoms with Gasteiger partial charge in [-0.2, -0.15) is 0 Å². The van der Waals surface area contributed by atoms with Gasteiger partial charge in [0.25, 0.3) is 0 Å². The minimum Gasteiger partial charge on any atom is -0.480 e. The zero-order valence-electron chi connectivity index (χ0n) is 11.0. The minimum atomic E-state index is -0.951. The lowest BCUT2D eigenvalue weighted by Gasteiger charge is -2.14. The largest absolute Gasteiger partial charge is 0.480 e. The fraction of sp³-hybridized carbons (Fsp3) is 0.833. The Labute approximate surface area is 98.4 Å². The first-order valence-electron chi connectivity index (χ1n) is 5.99. The van der Waals surface area contributed by atoms with E-state index in [9.17, 15) is 9.59 Å². The predicted molar refractivity (Wildman–Crippen MR) is 65.3 cm³/mol. The van der Waals surface area contributed by atoms with Gasteiger partial charge in [-0.05, 0) is 18.8 Å². The fourth-order valence-electron chi connectivity index (χ4n) is 1.05. The van der Waals surface area contributed by atoms with E-state index in [2.05, 4.69) is 5.32 Å². The van der Waals surface area contributed by atoms with Crippen LogP contribution in [-0.2, 0) is 9.59 Å². The molecule has 1 amide bonds. The molecule has 1 atom stereocenters. The van der Waals surface area contributed by atoms with Crippen LogP contribution in [0, 0.1) is 5.92 Å². The molecule has 0 spiro atoms. The van der Waals surface area contributed by atoms with E-state index in [1.165, 1.54) is 0 Å². The van der Waals surface area contributed by atoms with E-state index in [4.69, 9.17) is 5.11 Å². The monoisotopic (exact) mass is 231 g/mol. The molecule has 4 heteroatoms. The van der Waals surface area contributed by atoms with E-state index in [0.717, 1.165) is 6.42 Å². The first kappa shape index (κ1) is 17.3. The maximum Gasteiger partial charge on any atom is 0.326 e. The third-order valence-corrected chi connectivity index (χ3v) is 1.99. The van der Waals surface area contributed by atoms with Crippen LogP contribution in [0.2, 0.25) is 0 Å². The third-order valence-electron chi connectivity index (χ3n) is 1.99. The Bertz CT molecular complexity index is 202. The molecule has 96 valence electrons. The second-order valence-electron chi connectivity index (χ2n) is 3.78. The molecule has 0 aliphatic carbocycles. The average molecular weight is 231 g/mol. The number of nitrogens with one attached hydrogen (secondary N) is 1. The summed E-state index contributed by atoms with van der Waals surface area (Å²) >= 11 is 0. The number of carboxylic acids is 1. The molecule has 0 aromatic carbocycles. The van der Waals surface area contributed by atoms with E-state index in [-0.39, 0.29) is 5.91 Å². The summed E-state index contributed by atoms with van der Waals surface area (Å²) in [5.74, 6) is -0.705. The number of carbonyl (C=O) groups excluding carboxylic acids is 1. The van der Waals surface area contributed by atoms with E-state index in [1.807, 2.05) is 27.7 Å². The number of hydrogen-bond donors (Lipinski definition) is 2. The van der Waals surface area contributed by atoms with Gasteiger partial charge in [-0.25, -0.2) is 4.79 Å². The Morgan fingerprint density at radius 3 is 2.00 bits per heavy atom. The Kier molecular flexibility index (Phi) is 11.3. The molecule has 0 aliphatic rings. The number of rotatable bonds is 6. The maximum absolute atomic E-state index is 11.0. The summed E-state index contributed by atoms with van der Waals surface area (Å²) in [5.41, 5.74) is 0. The highest BCUT2D eigenvalue weighted by atomic mass is 16.4. The van der Waals surface area contributed by atoms with Crippen LogP contribution in [-0.4, -0.2) is 23.0 Å². The number of amides is 1. The molecule has 0 aliphatic heterocycles. The minimum absolute atomic E-state index is 0.207. The van der Waals surface area contributed by atoms with Crippen molar-refractivity contribution in [2.45, 2.75) is 59.9 Å². The summed E-state index contributed by atoms with van der Waals surface area (Å²) in [4.78, 5) is 21.7. The smallest absolute Gasteiger partial charge is 0.326 e. The summed E-state index contributed by atoms with van der Waals surface area (Å²) in [6, 6.07) is -0.732. The van der Waals surface area contributed by atoms with Crippen LogP contribution < -0.4 is 5.32 Å². The van der Waals surface area contributed by atoms with Crippen LogP contribution in [0.1, 0.15) is 53.9 Å². The lowest BCUT2D eigenvalue weighted by molar-refractivity contribution is -0.142. The summed E-state index contributed by atoms with van der Waals surface area (Å²) in [6.07, 6.45) is 1.63. The number of carboxylic acid groups (broad SMARTS) is 1. The van der Waals surface area contributed by atoms with E-state index in [1.54, 1.807) is 6.92 Å². The molecule has 0 radical (unpaired) electrons. The summed E-state index contributed by atoms with van der Waals surface area (Å²) < 4.78 is 0. The molecule has 0 aromatic rings. The van der Waals surface area contributed by atoms with E-state index in [0.29, 0.717) is 18.8 Å². The van der Waals surface area contributed by atoms with Gasteiger partial charge in [0.05, 0.1) is 0 Å². The van der Waals surface area contributed by atoms with Crippen molar-refractivity contribution in [2.75, 3.05) is 0 Å². The molecule has 0 saturated heterocycles. The van der Waals surface area contributed by atoms with Gasteiger partial charge >= 0.3 is 5.97 Å². The van der Waals surface area contributed by atoms with Crippen LogP contribution in [0.4, 0.5) is 0 Å². The standard InChI is InChI=1S/C10H19NO3.C2H6/c1-4-9(12)11-8(10(13)14)6-5-7(2)3;1-2/h7-8H,4-6H2,1-3H3,(H,11,12)(H,13,14);1-2H3. The van der Waals surface area contributed by atoms with Crippen molar-refractivity contribution in [1.29, 1.82) is 0 Å². The topological polar surface area (TPSA) is 66.4 Å². The first-order valence-corrected chi connectivity index (χ1v) is 5.99. The number of aliphatic carboxylic acids is 1. The van der Waals surface area contributed by atoms with Crippen LogP contribution in [0.15, 0.2) is 0 Å². The molecule has 0 bridgehead atoms. The maximum atomic E-state index is 11.0. The quantitative estimate of drug-likeness (QED) is 0.737. The van der Waals surface area contributed by atoms with Gasteiger partial charge in [-0.15, -0.1) is 0 Å². The summed E-state index contributed by atoms with van der Waals surface area (Å²) in [5, 5.41) is 11.3. The van der Waals surface area contributed by atoms with E-state index < -0.39 is 12.0 Å². The summed E-state index contributed by atoms with van der Waals surface area (Å²) in [7, 11) is 0. The van der Waals surface area contributed by atoms with Crippen molar-refractivity contribution in [1.82, 2.24) is 5.32 Å². The van der Waals surface area contributed by atoms with Crippen LogP contribution in [0.5, 0.6) is 0 Å². The highest BCUT2D eigenvalue weighted by Gasteiger charge is 2.18. The molecular formula is C12H25NO3. The Hall–Kier alpha value is -1.06. The Balaban J connectivity index is 0. The second-order valence-corrected chi connectivity index (χ2v) is 3.78. The third kappa shape index (κ3) is 9.49. The lowest BCUT2D eigenvalue weighted by atomic mass is 10.0. The number of hydrogen-bond acceptors (Lipinski definition) is 2. The molecule has 0 saturated carbocycles. The normalized spacial score (nSPS) is 11.4. The molecular weight excluding hydrogens is 206 g/mol. The van der Waals surface area contributed by atoms with Gasteiger partial charge in [-0.3, -0.25) is 4.79 Å². The van der Waals surface area contributed by atoms with Gasteiger partial charge in [0.1, 0.15) is 6.04 Å². The highest BCUT2D eigenvalue weighted by Crippen LogP contribution is 2.07. The molecule has 1 unspecified atom stereocenters. The molecule has 2 N–H and O–H groups in total.